The molecule has 0 amide bonds. The van der Waals surface area contributed by atoms with Gasteiger partial charge in [-0.15, -0.1) is 0 Å². The largest absolute Gasteiger partial charge is 0.478 e. The Kier molecular flexibility index (Phi) is 4.02. The molecule has 1 aromatic rings. The highest BCUT2D eigenvalue weighted by molar-refractivity contribution is 8.00. The van der Waals surface area contributed by atoms with E-state index in [0.29, 0.717) is 5.82 Å². The van der Waals surface area contributed by atoms with Gasteiger partial charge in [0.05, 0.1) is 10.6 Å². The Balaban J connectivity index is 2.06. The number of aromatic carboxylic acids is 1. The van der Waals surface area contributed by atoms with E-state index in [1.165, 1.54) is 31.5 Å². The van der Waals surface area contributed by atoms with Crippen molar-refractivity contribution < 1.29 is 9.90 Å². The summed E-state index contributed by atoms with van der Waals surface area (Å²) < 4.78 is 0.282. The van der Waals surface area contributed by atoms with Gasteiger partial charge in [-0.05, 0) is 25.2 Å². The van der Waals surface area contributed by atoms with E-state index in [0.717, 1.165) is 6.54 Å². The van der Waals surface area contributed by atoms with Crippen LogP contribution in [0.25, 0.3) is 0 Å². The number of thioether (sulfide) groups is 1. The summed E-state index contributed by atoms with van der Waals surface area (Å²) in [4.78, 5) is 15.1. The van der Waals surface area contributed by atoms with Crippen LogP contribution in [0.5, 0.6) is 0 Å². The van der Waals surface area contributed by atoms with E-state index >= 15 is 0 Å². The molecule has 0 radical (unpaired) electrons. The lowest BCUT2D eigenvalue weighted by molar-refractivity contribution is 0.0697. The van der Waals surface area contributed by atoms with E-state index in [4.69, 9.17) is 16.7 Å². The van der Waals surface area contributed by atoms with Crippen LogP contribution in [0, 0.1) is 0 Å². The van der Waals surface area contributed by atoms with Gasteiger partial charge in [-0.3, -0.25) is 0 Å². The number of halogens is 1. The summed E-state index contributed by atoms with van der Waals surface area (Å²) in [5.74, 6) is -0.467. The predicted octanol–water partition coefficient (Wildman–Crippen LogP) is 3.13. The summed E-state index contributed by atoms with van der Waals surface area (Å²) in [7, 11) is 0. The molecule has 0 atom stereocenters. The molecule has 98 valence electrons. The minimum atomic E-state index is -1.03. The number of hydrogen-bond donors (Lipinski definition) is 2. The van der Waals surface area contributed by atoms with Crippen molar-refractivity contribution in [3.63, 3.8) is 0 Å². The molecule has 1 saturated carbocycles. The Morgan fingerprint density at radius 2 is 2.39 bits per heavy atom. The van der Waals surface area contributed by atoms with Gasteiger partial charge in [0.2, 0.25) is 0 Å². The first-order valence-corrected chi connectivity index (χ1v) is 7.34. The molecule has 1 aliphatic rings. The van der Waals surface area contributed by atoms with Crippen molar-refractivity contribution in [3.05, 3.63) is 22.8 Å². The zero-order valence-electron chi connectivity index (χ0n) is 10.1. The second kappa shape index (κ2) is 5.36. The molecule has 0 bridgehead atoms. The molecule has 2 N–H and O–H groups in total. The molecule has 6 heteroatoms. The van der Waals surface area contributed by atoms with Crippen molar-refractivity contribution in [1.29, 1.82) is 0 Å². The molecule has 0 saturated heterocycles. The zero-order chi connectivity index (χ0) is 13.2. The summed E-state index contributed by atoms with van der Waals surface area (Å²) in [5.41, 5.74) is 0.0842. The minimum Gasteiger partial charge on any atom is -0.478 e. The first-order valence-electron chi connectivity index (χ1n) is 5.74. The van der Waals surface area contributed by atoms with Gasteiger partial charge in [0.15, 0.2) is 0 Å². The van der Waals surface area contributed by atoms with Gasteiger partial charge in [0, 0.05) is 17.5 Å². The number of anilines is 1. The van der Waals surface area contributed by atoms with Crippen LogP contribution in [0.4, 0.5) is 5.82 Å². The quantitative estimate of drug-likeness (QED) is 0.871. The van der Waals surface area contributed by atoms with Gasteiger partial charge in [-0.1, -0.05) is 18.0 Å². The van der Waals surface area contributed by atoms with E-state index in [-0.39, 0.29) is 15.3 Å². The molecule has 1 fully saturated rings. The van der Waals surface area contributed by atoms with Crippen molar-refractivity contribution in [2.24, 2.45) is 0 Å². The minimum absolute atomic E-state index is 0.0842. The van der Waals surface area contributed by atoms with Crippen molar-refractivity contribution in [3.8, 4) is 0 Å². The van der Waals surface area contributed by atoms with E-state index in [1.807, 2.05) is 11.8 Å². The van der Waals surface area contributed by atoms with Crippen LogP contribution in [-0.4, -0.2) is 33.6 Å². The Morgan fingerprint density at radius 1 is 1.67 bits per heavy atom. The van der Waals surface area contributed by atoms with Gasteiger partial charge in [-0.2, -0.15) is 11.8 Å². The number of rotatable bonds is 5. The second-order valence-corrected chi connectivity index (χ2v) is 6.13. The average molecular weight is 287 g/mol. The second-order valence-electron chi connectivity index (χ2n) is 4.45. The molecule has 0 aromatic carbocycles. The van der Waals surface area contributed by atoms with E-state index in [2.05, 4.69) is 16.6 Å². The third kappa shape index (κ3) is 2.72. The Hall–Kier alpha value is -0.940. The van der Waals surface area contributed by atoms with Crippen LogP contribution in [0.3, 0.4) is 0 Å². The predicted molar refractivity (Wildman–Crippen MR) is 74.8 cm³/mol. The monoisotopic (exact) mass is 286 g/mol. The van der Waals surface area contributed by atoms with Gasteiger partial charge in [0.1, 0.15) is 5.82 Å². The summed E-state index contributed by atoms with van der Waals surface area (Å²) in [6.45, 7) is 0.807. The number of aromatic nitrogens is 1. The van der Waals surface area contributed by atoms with Crippen LogP contribution in [0.15, 0.2) is 12.3 Å². The van der Waals surface area contributed by atoms with Crippen molar-refractivity contribution in [2.45, 2.75) is 24.0 Å². The first kappa shape index (κ1) is 13.5. The lowest BCUT2D eigenvalue weighted by Gasteiger charge is -2.40. The number of hydrogen-bond acceptors (Lipinski definition) is 4. The van der Waals surface area contributed by atoms with Gasteiger partial charge >= 0.3 is 5.97 Å². The maximum atomic E-state index is 11.0. The maximum Gasteiger partial charge on any atom is 0.337 e. The molecule has 18 heavy (non-hydrogen) atoms. The molecule has 1 heterocycles. The molecule has 4 nitrogen and oxygen atoms in total. The number of nitrogens with zero attached hydrogens (tertiary/aromatic N) is 1. The van der Waals surface area contributed by atoms with Crippen LogP contribution in [0.2, 0.25) is 5.02 Å². The number of carbonyl (C=O) groups is 1. The Bertz CT molecular complexity index is 458. The fraction of sp³-hybridized carbons (Fsp3) is 0.500. The van der Waals surface area contributed by atoms with Gasteiger partial charge in [-0.25, -0.2) is 9.78 Å². The number of carboxylic acids is 1. The molecule has 1 aliphatic carbocycles. The Morgan fingerprint density at radius 3 is 2.89 bits per heavy atom. The highest BCUT2D eigenvalue weighted by atomic mass is 35.5. The highest BCUT2D eigenvalue weighted by Gasteiger charge is 2.35. The molecule has 0 spiro atoms. The topological polar surface area (TPSA) is 62.2 Å². The third-order valence-corrected chi connectivity index (χ3v) is 5.10. The molecule has 2 rings (SSSR count). The smallest absolute Gasteiger partial charge is 0.337 e. The standard InChI is InChI=1S/C12H15ClN2O2S/c1-18-12(3-2-4-12)7-15-10-5-8(11(16)17)9(13)6-14-10/h5-6H,2-4,7H2,1H3,(H,14,15)(H,16,17). The lowest BCUT2D eigenvalue weighted by atomic mass is 9.84. The summed E-state index contributed by atoms with van der Waals surface area (Å²) in [5, 5.41) is 12.3. The lowest BCUT2D eigenvalue weighted by Crippen LogP contribution is -2.40. The number of nitrogens with one attached hydrogen (secondary N) is 1. The van der Waals surface area contributed by atoms with Crippen LogP contribution in [-0.2, 0) is 0 Å². The van der Waals surface area contributed by atoms with E-state index < -0.39 is 5.97 Å². The maximum absolute atomic E-state index is 11.0. The number of pyridine rings is 1. The van der Waals surface area contributed by atoms with Crippen molar-refractivity contribution in [1.82, 2.24) is 4.98 Å². The summed E-state index contributed by atoms with van der Waals surface area (Å²) in [6, 6.07) is 1.48. The Labute approximate surface area is 115 Å². The van der Waals surface area contributed by atoms with Crippen LogP contribution >= 0.6 is 23.4 Å². The highest BCUT2D eigenvalue weighted by Crippen LogP contribution is 2.42. The van der Waals surface area contributed by atoms with E-state index in [9.17, 15) is 4.79 Å². The SMILES string of the molecule is CSC1(CNc2cc(C(=O)O)c(Cl)cn2)CCC1. The van der Waals surface area contributed by atoms with E-state index in [1.54, 1.807) is 0 Å². The fourth-order valence-corrected chi connectivity index (χ4v) is 3.07. The van der Waals surface area contributed by atoms with Crippen molar-refractivity contribution in [2.75, 3.05) is 18.1 Å². The molecular weight excluding hydrogens is 272 g/mol. The van der Waals surface area contributed by atoms with Crippen molar-refractivity contribution >= 4 is 35.1 Å². The first-order chi connectivity index (χ1) is 8.56. The zero-order valence-corrected chi connectivity index (χ0v) is 11.6. The third-order valence-electron chi connectivity index (χ3n) is 3.38. The molecule has 0 unspecified atom stereocenters. The molecule has 1 aromatic heterocycles. The summed E-state index contributed by atoms with van der Waals surface area (Å²) >= 11 is 7.63. The molecule has 0 aliphatic heterocycles. The average Bonchev–Trinajstić information content (AvgIpc) is 2.30. The van der Waals surface area contributed by atoms with Gasteiger partial charge in [0.25, 0.3) is 0 Å². The van der Waals surface area contributed by atoms with Gasteiger partial charge < -0.3 is 10.4 Å². The normalized spacial score (nSPS) is 17.0. The van der Waals surface area contributed by atoms with Crippen LogP contribution < -0.4 is 5.32 Å². The fourth-order valence-electron chi connectivity index (χ4n) is 1.98. The van der Waals surface area contributed by atoms with Crippen LogP contribution in [0.1, 0.15) is 29.6 Å². The summed E-state index contributed by atoms with van der Waals surface area (Å²) in [6.07, 6.45) is 7.14. The number of carboxylic acid groups (broad SMARTS) is 1. The molecular formula is C12H15ClN2O2S.